The van der Waals surface area contributed by atoms with Crippen molar-refractivity contribution in [1.29, 1.82) is 0 Å². The van der Waals surface area contributed by atoms with Crippen LogP contribution in [0, 0.1) is 56.2 Å². The van der Waals surface area contributed by atoms with Crippen LogP contribution in [-0.4, -0.2) is 91.7 Å². The van der Waals surface area contributed by atoms with Gasteiger partial charge >= 0.3 is 5.97 Å². The number of esters is 1. The lowest BCUT2D eigenvalue weighted by Gasteiger charge is -2.64. The van der Waals surface area contributed by atoms with E-state index >= 15 is 0 Å². The minimum atomic E-state index is -0.521. The molecule has 0 radical (unpaired) electrons. The highest BCUT2D eigenvalue weighted by atomic mass is 16.7. The van der Waals surface area contributed by atoms with Crippen LogP contribution in [0.25, 0.3) is 0 Å². The largest absolute Gasteiger partial charge is 0.459 e. The summed E-state index contributed by atoms with van der Waals surface area (Å²) in [7, 11) is 0. The molecule has 0 bridgehead atoms. The van der Waals surface area contributed by atoms with Crippen molar-refractivity contribution in [2.45, 2.75) is 157 Å². The van der Waals surface area contributed by atoms with Crippen molar-refractivity contribution in [2.75, 3.05) is 32.9 Å². The number of rotatable bonds is 5. The van der Waals surface area contributed by atoms with Crippen molar-refractivity contribution < 1.29 is 33.6 Å². The molecule has 3 aliphatic heterocycles. The zero-order chi connectivity index (χ0) is 34.2. The van der Waals surface area contributed by atoms with E-state index in [-0.39, 0.29) is 58.3 Å². The van der Waals surface area contributed by atoms with E-state index < -0.39 is 6.10 Å². The van der Waals surface area contributed by atoms with Gasteiger partial charge in [-0.1, -0.05) is 55.4 Å². The maximum atomic E-state index is 12.6. The maximum Gasteiger partial charge on any atom is 0.303 e. The van der Waals surface area contributed by atoms with Crippen LogP contribution in [0.3, 0.4) is 0 Å². The Morgan fingerprint density at radius 2 is 1.71 bits per heavy atom. The minimum Gasteiger partial charge on any atom is -0.459 e. The second-order valence-electron chi connectivity index (χ2n) is 20.1. The Balaban J connectivity index is 1.03. The molecule has 3 heterocycles. The first-order valence-electron chi connectivity index (χ1n) is 19.6. The standard InChI is InChI=1S/C40H65NO7/c1-23-18-26(34(35(3,4)5)46-24(2)42)47-32-31(23)37(8)14-15-40-22-39(40)13-12-29(48-30-19-41(16-17-45-30)25-20-44-21-25)36(6,7)27(39)10-11-28(40)38(37,9)33(32)43/h23,25-34,43H,10-22H2,1-9H3/t23-,26?,27+,28+,29+,30+,31?,32?,33+,34?,37-,38-,39-,40?/m1/s1. The van der Waals surface area contributed by atoms with Gasteiger partial charge in [0.05, 0.1) is 56.8 Å². The van der Waals surface area contributed by atoms with Gasteiger partial charge in [0.1, 0.15) is 6.10 Å². The van der Waals surface area contributed by atoms with E-state index in [1.165, 1.54) is 39.0 Å². The lowest BCUT2D eigenvalue weighted by atomic mass is 9.41. The lowest BCUT2D eigenvalue weighted by molar-refractivity contribution is -0.256. The first kappa shape index (κ1) is 34.3. The molecule has 272 valence electrons. The minimum absolute atomic E-state index is 0.0121. The van der Waals surface area contributed by atoms with Crippen LogP contribution in [0.2, 0.25) is 0 Å². The Morgan fingerprint density at radius 3 is 2.38 bits per heavy atom. The summed E-state index contributed by atoms with van der Waals surface area (Å²) in [5.41, 5.74) is 0.279. The van der Waals surface area contributed by atoms with Gasteiger partial charge in [0.25, 0.3) is 0 Å². The monoisotopic (exact) mass is 671 g/mol. The van der Waals surface area contributed by atoms with Crippen LogP contribution in [-0.2, 0) is 28.5 Å². The molecule has 1 N–H and O–H groups in total. The summed E-state index contributed by atoms with van der Waals surface area (Å²) >= 11 is 0. The summed E-state index contributed by atoms with van der Waals surface area (Å²) in [5, 5.41) is 12.6. The summed E-state index contributed by atoms with van der Waals surface area (Å²) < 4.78 is 31.6. The SMILES string of the molecule is CC(=O)OC(C1C[C@@H](C)C2C(O1)[C@H](O)[C@@]1(C)[C@@H]3CC[C@H]4C(C)(C)[C@@H](O[C@H]5CN(C6COC6)CCO5)CC[C@@]45CC35CC[C@]21C)C(C)(C)C. The molecule has 2 spiro atoms. The van der Waals surface area contributed by atoms with Gasteiger partial charge in [-0.25, -0.2) is 0 Å². The molecule has 3 saturated heterocycles. The number of carbonyl (C=O) groups is 1. The molecule has 0 amide bonds. The van der Waals surface area contributed by atoms with Gasteiger partial charge in [0.2, 0.25) is 0 Å². The molecule has 0 aromatic heterocycles. The molecular formula is C40H65NO7. The smallest absolute Gasteiger partial charge is 0.303 e. The van der Waals surface area contributed by atoms with Crippen LogP contribution in [0.15, 0.2) is 0 Å². The molecule has 0 aromatic carbocycles. The quantitative estimate of drug-likeness (QED) is 0.345. The predicted octanol–water partition coefficient (Wildman–Crippen LogP) is 6.22. The molecule has 5 saturated carbocycles. The van der Waals surface area contributed by atoms with Crippen molar-refractivity contribution in [1.82, 2.24) is 4.90 Å². The summed E-state index contributed by atoms with van der Waals surface area (Å²) in [4.78, 5) is 14.7. The van der Waals surface area contributed by atoms with Crippen LogP contribution >= 0.6 is 0 Å². The van der Waals surface area contributed by atoms with E-state index in [0.29, 0.717) is 40.5 Å². The van der Waals surface area contributed by atoms with Gasteiger partial charge < -0.3 is 28.8 Å². The molecule has 8 aliphatic rings. The van der Waals surface area contributed by atoms with E-state index in [0.717, 1.165) is 52.2 Å². The molecule has 8 nitrogen and oxygen atoms in total. The lowest BCUT2D eigenvalue weighted by Crippen LogP contribution is -2.60. The average Bonchev–Trinajstić information content (AvgIpc) is 3.61. The first-order valence-corrected chi connectivity index (χ1v) is 19.6. The summed E-state index contributed by atoms with van der Waals surface area (Å²) in [6, 6.07) is 0.519. The van der Waals surface area contributed by atoms with E-state index in [9.17, 15) is 9.90 Å². The topological polar surface area (TPSA) is 86.7 Å². The number of hydrogen-bond acceptors (Lipinski definition) is 8. The normalized spacial score (nSPS) is 52.1. The van der Waals surface area contributed by atoms with Gasteiger partial charge in [-0.05, 0) is 96.7 Å². The molecule has 48 heavy (non-hydrogen) atoms. The van der Waals surface area contributed by atoms with Crippen LogP contribution in [0.4, 0.5) is 0 Å². The second-order valence-corrected chi connectivity index (χ2v) is 20.1. The summed E-state index contributed by atoms with van der Waals surface area (Å²) in [5.74, 6) is 1.55. The van der Waals surface area contributed by atoms with Gasteiger partial charge in [-0.3, -0.25) is 9.69 Å². The van der Waals surface area contributed by atoms with Crippen molar-refractivity contribution in [2.24, 2.45) is 56.2 Å². The fourth-order valence-electron chi connectivity index (χ4n) is 14.4. The molecule has 8 heteroatoms. The number of fused-ring (bicyclic) bond motifs is 4. The molecule has 8 rings (SSSR count). The Hall–Kier alpha value is -0.770. The van der Waals surface area contributed by atoms with E-state index in [2.05, 4.69) is 60.3 Å². The molecule has 5 aliphatic carbocycles. The highest BCUT2D eigenvalue weighted by Crippen LogP contribution is 2.89. The Labute approximate surface area is 289 Å². The van der Waals surface area contributed by atoms with Crippen LogP contribution in [0.5, 0.6) is 0 Å². The molecule has 5 unspecified atom stereocenters. The third-order valence-corrected chi connectivity index (χ3v) is 16.8. The Bertz CT molecular complexity index is 1280. The van der Waals surface area contributed by atoms with Crippen LogP contribution < -0.4 is 0 Å². The van der Waals surface area contributed by atoms with E-state index in [4.69, 9.17) is 23.7 Å². The molecule has 8 fully saturated rings. The van der Waals surface area contributed by atoms with Gasteiger partial charge in [0, 0.05) is 24.3 Å². The van der Waals surface area contributed by atoms with Crippen LogP contribution in [0.1, 0.15) is 114 Å². The Kier molecular flexibility index (Phi) is 7.95. The Morgan fingerprint density at radius 1 is 1.00 bits per heavy atom. The van der Waals surface area contributed by atoms with Crippen molar-refractivity contribution >= 4 is 5.97 Å². The molecule has 0 aromatic rings. The highest BCUT2D eigenvalue weighted by molar-refractivity contribution is 5.66. The average molecular weight is 672 g/mol. The zero-order valence-corrected chi connectivity index (χ0v) is 31.4. The number of carbonyl (C=O) groups excluding carboxylic acids is 1. The number of morpholine rings is 1. The fourth-order valence-corrected chi connectivity index (χ4v) is 14.4. The summed E-state index contributed by atoms with van der Waals surface area (Å²) in [6.07, 6.45) is 8.09. The number of aliphatic hydroxyl groups excluding tert-OH is 1. The number of ether oxygens (including phenoxy) is 5. The van der Waals surface area contributed by atoms with Gasteiger partial charge in [-0.2, -0.15) is 0 Å². The number of hydrogen-bond donors (Lipinski definition) is 1. The van der Waals surface area contributed by atoms with Gasteiger partial charge in [-0.15, -0.1) is 0 Å². The third-order valence-electron chi connectivity index (χ3n) is 16.8. The highest BCUT2D eigenvalue weighted by Gasteiger charge is 2.84. The number of nitrogens with zero attached hydrogens (tertiary/aromatic N) is 1. The second kappa shape index (κ2) is 11.1. The molecular weight excluding hydrogens is 606 g/mol. The molecule has 14 atom stereocenters. The van der Waals surface area contributed by atoms with E-state index in [1.807, 2.05) is 0 Å². The summed E-state index contributed by atoms with van der Waals surface area (Å²) in [6.45, 7) is 24.5. The zero-order valence-electron chi connectivity index (χ0n) is 31.4. The van der Waals surface area contributed by atoms with Crippen molar-refractivity contribution in [3.8, 4) is 0 Å². The predicted molar refractivity (Wildman–Crippen MR) is 182 cm³/mol. The maximum absolute atomic E-state index is 12.6. The van der Waals surface area contributed by atoms with Gasteiger partial charge in [0.15, 0.2) is 6.29 Å². The fraction of sp³-hybridized carbons (Fsp3) is 0.975. The van der Waals surface area contributed by atoms with E-state index in [1.54, 1.807) is 0 Å². The number of aliphatic hydroxyl groups is 1. The van der Waals surface area contributed by atoms with Crippen molar-refractivity contribution in [3.63, 3.8) is 0 Å². The van der Waals surface area contributed by atoms with Crippen molar-refractivity contribution in [3.05, 3.63) is 0 Å². The third kappa shape index (κ3) is 4.56. The first-order chi connectivity index (χ1) is 22.5.